The maximum absolute atomic E-state index is 10.6. The van der Waals surface area contributed by atoms with Gasteiger partial charge in [-0.3, -0.25) is 4.90 Å². The number of halogens is 6. The molecule has 14 heteroatoms. The second-order valence-electron chi connectivity index (χ2n) is 8.58. The predicted molar refractivity (Wildman–Crippen MR) is 133 cm³/mol. The first-order valence-electron chi connectivity index (χ1n) is 11.9. The Hall–Kier alpha value is -3.91. The average molecular weight is 575 g/mol. The second kappa shape index (κ2) is 15.0. The Bertz CT molecular complexity index is 1160. The normalized spacial score (nSPS) is 14.3. The third kappa shape index (κ3) is 11.9. The Morgan fingerprint density at radius 3 is 1.70 bits per heavy atom. The van der Waals surface area contributed by atoms with E-state index in [0.717, 1.165) is 57.1 Å². The lowest BCUT2D eigenvalue weighted by Crippen LogP contribution is -2.46. The van der Waals surface area contributed by atoms with Gasteiger partial charge in [0.2, 0.25) is 0 Å². The Kier molecular flexibility index (Phi) is 12.1. The van der Waals surface area contributed by atoms with Crippen molar-refractivity contribution in [3.05, 3.63) is 78.1 Å². The summed E-state index contributed by atoms with van der Waals surface area (Å²) in [6.45, 7) is 6.63. The number of aromatic amines is 1. The molecule has 218 valence electrons. The summed E-state index contributed by atoms with van der Waals surface area (Å²) in [5.74, 6) is -4.55. The molecule has 0 aliphatic carbocycles. The number of carboxylic acids is 2. The lowest BCUT2D eigenvalue weighted by atomic mass is 10.1. The van der Waals surface area contributed by atoms with Crippen molar-refractivity contribution in [2.75, 3.05) is 32.7 Å². The highest BCUT2D eigenvalue weighted by Crippen LogP contribution is 2.16. The molecule has 0 spiro atoms. The zero-order valence-electron chi connectivity index (χ0n) is 21.1. The summed E-state index contributed by atoms with van der Waals surface area (Å²) < 4.78 is 63.5. The third-order valence-corrected chi connectivity index (χ3v) is 5.58. The number of nitrogens with zero attached hydrogens (tertiary/aromatic N) is 3. The first-order chi connectivity index (χ1) is 18.8. The van der Waals surface area contributed by atoms with Crippen molar-refractivity contribution in [1.29, 1.82) is 0 Å². The van der Waals surface area contributed by atoms with Gasteiger partial charge in [0, 0.05) is 56.7 Å². The van der Waals surface area contributed by atoms with Gasteiger partial charge in [-0.1, -0.05) is 60.7 Å². The number of aromatic nitrogens is 2. The van der Waals surface area contributed by atoms with Gasteiger partial charge in [-0.05, 0) is 12.0 Å². The number of imidazole rings is 1. The van der Waals surface area contributed by atoms with E-state index in [2.05, 4.69) is 62.2 Å². The molecule has 0 unspecified atom stereocenters. The molecular weight excluding hydrogens is 546 g/mol. The summed E-state index contributed by atoms with van der Waals surface area (Å²) in [4.78, 5) is 30.9. The first-order valence-corrected chi connectivity index (χ1v) is 11.9. The zero-order chi connectivity index (χ0) is 29.8. The maximum Gasteiger partial charge on any atom is 0.490 e. The quantitative estimate of drug-likeness (QED) is 0.366. The zero-order valence-corrected chi connectivity index (χ0v) is 21.1. The smallest absolute Gasteiger partial charge is 0.475 e. The van der Waals surface area contributed by atoms with Crippen molar-refractivity contribution in [2.45, 2.75) is 25.3 Å². The summed E-state index contributed by atoms with van der Waals surface area (Å²) in [6, 6.07) is 21.1. The average Bonchev–Trinajstić information content (AvgIpc) is 3.37. The minimum Gasteiger partial charge on any atom is -0.475 e. The van der Waals surface area contributed by atoms with Crippen LogP contribution >= 0.6 is 0 Å². The Balaban J connectivity index is 0.000000333. The molecular formula is C26H28F6N4O4. The van der Waals surface area contributed by atoms with Crippen molar-refractivity contribution < 1.29 is 46.1 Å². The lowest BCUT2D eigenvalue weighted by Gasteiger charge is -2.34. The molecule has 3 N–H and O–H groups in total. The van der Waals surface area contributed by atoms with Crippen LogP contribution in [0.1, 0.15) is 11.3 Å². The number of aliphatic carboxylic acids is 2. The van der Waals surface area contributed by atoms with Gasteiger partial charge in [-0.2, -0.15) is 26.3 Å². The molecule has 3 aromatic rings. The summed E-state index contributed by atoms with van der Waals surface area (Å²) in [7, 11) is 0. The molecule has 1 aliphatic heterocycles. The number of piperazine rings is 1. The van der Waals surface area contributed by atoms with E-state index in [9.17, 15) is 26.3 Å². The molecule has 0 bridgehead atoms. The van der Waals surface area contributed by atoms with Crippen LogP contribution in [0.3, 0.4) is 0 Å². The van der Waals surface area contributed by atoms with E-state index in [0.29, 0.717) is 0 Å². The van der Waals surface area contributed by atoms with Crippen LogP contribution in [-0.4, -0.2) is 87.0 Å². The monoisotopic (exact) mass is 574 g/mol. The summed E-state index contributed by atoms with van der Waals surface area (Å²) >= 11 is 0. The number of nitrogens with one attached hydrogen (secondary N) is 1. The van der Waals surface area contributed by atoms with Gasteiger partial charge in [0.25, 0.3) is 0 Å². The number of benzene rings is 2. The van der Waals surface area contributed by atoms with Crippen LogP contribution in [0.5, 0.6) is 0 Å². The molecule has 1 saturated heterocycles. The number of carboxylic acid groups (broad SMARTS) is 2. The van der Waals surface area contributed by atoms with Crippen LogP contribution in [0.25, 0.3) is 11.4 Å². The number of hydrogen-bond donors (Lipinski definition) is 3. The van der Waals surface area contributed by atoms with Crippen LogP contribution in [0.2, 0.25) is 0 Å². The van der Waals surface area contributed by atoms with Crippen LogP contribution in [0.4, 0.5) is 26.3 Å². The van der Waals surface area contributed by atoms with Crippen LogP contribution in [0.15, 0.2) is 66.9 Å². The standard InChI is InChI=1S/C22H26N4.2C2HF3O2/c1-3-7-19(8-4-1)11-12-25-13-15-26(16-14-25)18-21-17-23-22(24-21)20-9-5-2-6-10-20;2*3-2(4,5)1(6)7/h1-10,17H,11-16,18H2,(H,23,24);2*(H,6,7). The highest BCUT2D eigenvalue weighted by molar-refractivity contribution is 5.73. The number of hydrogen-bond acceptors (Lipinski definition) is 5. The van der Waals surface area contributed by atoms with Gasteiger partial charge >= 0.3 is 24.3 Å². The van der Waals surface area contributed by atoms with E-state index >= 15 is 0 Å². The minimum atomic E-state index is -5.08. The number of alkyl halides is 6. The van der Waals surface area contributed by atoms with Gasteiger partial charge < -0.3 is 20.1 Å². The van der Waals surface area contributed by atoms with Gasteiger partial charge in [0.05, 0.1) is 0 Å². The second-order valence-corrected chi connectivity index (χ2v) is 8.58. The van der Waals surface area contributed by atoms with Gasteiger partial charge in [0.15, 0.2) is 0 Å². The molecule has 1 aromatic heterocycles. The fourth-order valence-corrected chi connectivity index (χ4v) is 3.53. The van der Waals surface area contributed by atoms with Gasteiger partial charge in [0.1, 0.15) is 5.82 Å². The number of rotatable bonds is 6. The number of carbonyl (C=O) groups is 2. The van der Waals surface area contributed by atoms with Crippen LogP contribution < -0.4 is 0 Å². The Labute approximate surface area is 225 Å². The summed E-state index contributed by atoms with van der Waals surface area (Å²) in [6.07, 6.45) is -7.05. The molecule has 2 heterocycles. The molecule has 0 atom stereocenters. The van der Waals surface area contributed by atoms with Crippen molar-refractivity contribution in [2.24, 2.45) is 0 Å². The number of H-pyrrole nitrogens is 1. The highest BCUT2D eigenvalue weighted by atomic mass is 19.4. The lowest BCUT2D eigenvalue weighted by molar-refractivity contribution is -0.193. The van der Waals surface area contributed by atoms with E-state index in [1.54, 1.807) is 0 Å². The van der Waals surface area contributed by atoms with E-state index in [1.807, 2.05) is 24.4 Å². The Morgan fingerprint density at radius 1 is 0.775 bits per heavy atom. The summed E-state index contributed by atoms with van der Waals surface area (Å²) in [5.41, 5.74) is 3.77. The molecule has 40 heavy (non-hydrogen) atoms. The van der Waals surface area contributed by atoms with Crippen LogP contribution in [-0.2, 0) is 22.6 Å². The fourth-order valence-electron chi connectivity index (χ4n) is 3.53. The SMILES string of the molecule is O=C(O)C(F)(F)F.O=C(O)C(F)(F)F.c1ccc(CCN2CCN(Cc3cnc(-c4ccccc4)[nH]3)CC2)cc1. The Morgan fingerprint density at radius 2 is 1.23 bits per heavy atom. The van der Waals surface area contributed by atoms with E-state index in [1.165, 1.54) is 11.3 Å². The van der Waals surface area contributed by atoms with E-state index in [4.69, 9.17) is 19.8 Å². The molecule has 4 rings (SSSR count). The first kappa shape index (κ1) is 32.3. The van der Waals surface area contributed by atoms with Crippen molar-refractivity contribution in [1.82, 2.24) is 19.8 Å². The molecule has 0 radical (unpaired) electrons. The maximum atomic E-state index is 10.6. The van der Waals surface area contributed by atoms with Crippen molar-refractivity contribution in [3.8, 4) is 11.4 Å². The van der Waals surface area contributed by atoms with E-state index in [-0.39, 0.29) is 0 Å². The minimum absolute atomic E-state index is 0.951. The highest BCUT2D eigenvalue weighted by Gasteiger charge is 2.38. The molecule has 0 saturated carbocycles. The topological polar surface area (TPSA) is 110 Å². The molecule has 8 nitrogen and oxygen atoms in total. The summed E-state index contributed by atoms with van der Waals surface area (Å²) in [5, 5.41) is 14.2. The van der Waals surface area contributed by atoms with Crippen molar-refractivity contribution in [3.63, 3.8) is 0 Å². The molecule has 1 fully saturated rings. The molecule has 1 aliphatic rings. The van der Waals surface area contributed by atoms with Gasteiger partial charge in [-0.25, -0.2) is 14.6 Å². The van der Waals surface area contributed by atoms with E-state index < -0.39 is 24.3 Å². The predicted octanol–water partition coefficient (Wildman–Crippen LogP) is 4.70. The largest absolute Gasteiger partial charge is 0.490 e. The third-order valence-electron chi connectivity index (χ3n) is 5.58. The van der Waals surface area contributed by atoms with Gasteiger partial charge in [-0.15, -0.1) is 0 Å². The molecule has 0 amide bonds. The molecule has 2 aromatic carbocycles. The fraction of sp³-hybridized carbons (Fsp3) is 0.346. The van der Waals surface area contributed by atoms with Crippen molar-refractivity contribution >= 4 is 11.9 Å². The van der Waals surface area contributed by atoms with Crippen LogP contribution in [0, 0.1) is 0 Å².